The molecule has 0 saturated heterocycles. The lowest BCUT2D eigenvalue weighted by Crippen LogP contribution is -2.12. The molecule has 0 bridgehead atoms. The summed E-state index contributed by atoms with van der Waals surface area (Å²) in [6.07, 6.45) is 1.90. The van der Waals surface area contributed by atoms with Gasteiger partial charge in [-0.3, -0.25) is 4.98 Å². The molecule has 2 aromatic rings. The molecule has 0 spiro atoms. The Balaban J connectivity index is 2.79. The van der Waals surface area contributed by atoms with Gasteiger partial charge in [0, 0.05) is 30.0 Å². The molecule has 3 N–H and O–H groups in total. The molecule has 90 valence electrons. The number of nitrogens with zero attached hydrogens (tertiary/aromatic N) is 1. The number of hydrogen-bond acceptors (Lipinski definition) is 4. The second-order valence-electron chi connectivity index (χ2n) is 3.63. The Kier molecular flexibility index (Phi) is 3.10. The van der Waals surface area contributed by atoms with Gasteiger partial charge >= 0.3 is 0 Å². The summed E-state index contributed by atoms with van der Waals surface area (Å²) in [6.45, 7) is -0.0360. The van der Waals surface area contributed by atoms with Crippen molar-refractivity contribution in [3.63, 3.8) is 0 Å². The third-order valence-corrected chi connectivity index (χ3v) is 3.47. The molecule has 6 heteroatoms. The summed E-state index contributed by atoms with van der Waals surface area (Å²) in [6, 6.07) is 6.45. The van der Waals surface area contributed by atoms with Gasteiger partial charge in [0.2, 0.25) is 10.0 Å². The molecule has 1 aromatic heterocycles. The lowest BCUT2D eigenvalue weighted by atomic mass is 10.1. The van der Waals surface area contributed by atoms with Crippen molar-refractivity contribution in [2.24, 2.45) is 5.14 Å². The lowest BCUT2D eigenvalue weighted by Gasteiger charge is -2.07. The van der Waals surface area contributed by atoms with Crippen molar-refractivity contribution < 1.29 is 13.5 Å². The van der Waals surface area contributed by atoms with Gasteiger partial charge in [-0.05, 0) is 12.1 Å². The largest absolute Gasteiger partial charge is 0.396 e. The number of aliphatic hydroxyl groups is 1. The number of rotatable bonds is 3. The highest BCUT2D eigenvalue weighted by Crippen LogP contribution is 2.23. The predicted molar refractivity (Wildman–Crippen MR) is 63.9 cm³/mol. The van der Waals surface area contributed by atoms with Gasteiger partial charge in [0.15, 0.2) is 0 Å². The first-order valence-corrected chi connectivity index (χ1v) is 6.59. The summed E-state index contributed by atoms with van der Waals surface area (Å²) in [4.78, 5) is 4.20. The highest BCUT2D eigenvalue weighted by molar-refractivity contribution is 7.89. The Morgan fingerprint density at radius 2 is 2.00 bits per heavy atom. The van der Waals surface area contributed by atoms with E-state index in [4.69, 9.17) is 10.2 Å². The number of pyridine rings is 1. The van der Waals surface area contributed by atoms with Gasteiger partial charge in [0.25, 0.3) is 0 Å². The summed E-state index contributed by atoms with van der Waals surface area (Å²) in [5, 5.41) is 15.3. The van der Waals surface area contributed by atoms with E-state index in [-0.39, 0.29) is 11.5 Å². The van der Waals surface area contributed by atoms with E-state index in [9.17, 15) is 8.42 Å². The van der Waals surface area contributed by atoms with Crippen LogP contribution >= 0.6 is 0 Å². The Hall–Kier alpha value is -1.50. The first-order chi connectivity index (χ1) is 8.04. The molecular weight excluding hydrogens is 240 g/mol. The molecule has 0 saturated carbocycles. The van der Waals surface area contributed by atoms with Gasteiger partial charge in [0.05, 0.1) is 10.6 Å². The maximum atomic E-state index is 11.4. The fourth-order valence-corrected chi connectivity index (χ4v) is 2.54. The molecule has 0 atom stereocenters. The number of sulfonamides is 1. The fourth-order valence-electron chi connectivity index (χ4n) is 1.79. The van der Waals surface area contributed by atoms with E-state index in [0.717, 1.165) is 0 Å². The maximum Gasteiger partial charge on any atom is 0.238 e. The first-order valence-electron chi connectivity index (χ1n) is 5.04. The van der Waals surface area contributed by atoms with Crippen LogP contribution in [0.1, 0.15) is 5.69 Å². The monoisotopic (exact) mass is 252 g/mol. The molecule has 0 aliphatic rings. The van der Waals surface area contributed by atoms with Crippen molar-refractivity contribution in [2.45, 2.75) is 11.3 Å². The van der Waals surface area contributed by atoms with Crippen LogP contribution in [0.3, 0.4) is 0 Å². The van der Waals surface area contributed by atoms with E-state index in [1.807, 2.05) is 0 Å². The van der Waals surface area contributed by atoms with Gasteiger partial charge in [-0.15, -0.1) is 0 Å². The van der Waals surface area contributed by atoms with Crippen LogP contribution in [0.4, 0.5) is 0 Å². The minimum atomic E-state index is -3.75. The van der Waals surface area contributed by atoms with Crippen LogP contribution in [-0.4, -0.2) is 25.1 Å². The highest BCUT2D eigenvalue weighted by Gasteiger charge is 2.13. The van der Waals surface area contributed by atoms with Gasteiger partial charge in [-0.2, -0.15) is 0 Å². The van der Waals surface area contributed by atoms with Gasteiger partial charge in [-0.1, -0.05) is 12.1 Å². The third-order valence-electron chi connectivity index (χ3n) is 2.50. The summed E-state index contributed by atoms with van der Waals surface area (Å²) >= 11 is 0. The van der Waals surface area contributed by atoms with Crippen LogP contribution in [0.25, 0.3) is 10.8 Å². The lowest BCUT2D eigenvalue weighted by molar-refractivity contribution is 0.298. The number of aromatic nitrogens is 1. The van der Waals surface area contributed by atoms with Gasteiger partial charge in [0.1, 0.15) is 0 Å². The zero-order valence-electron chi connectivity index (χ0n) is 9.00. The Morgan fingerprint density at radius 3 is 2.65 bits per heavy atom. The van der Waals surface area contributed by atoms with Crippen LogP contribution in [-0.2, 0) is 16.4 Å². The summed E-state index contributed by atoms with van der Waals surface area (Å²) in [5.41, 5.74) is 0.663. The predicted octanol–water partition coefficient (Wildman–Crippen LogP) is 0.417. The second-order valence-corrected chi connectivity index (χ2v) is 5.16. The molecular formula is C11H12N2O3S. The van der Waals surface area contributed by atoms with Crippen LogP contribution in [0.5, 0.6) is 0 Å². The SMILES string of the molecule is NS(=O)(=O)c1cccc2c(CCO)nccc12. The van der Waals surface area contributed by atoms with Crippen LogP contribution in [0.2, 0.25) is 0 Å². The number of aliphatic hydroxyl groups excluding tert-OH is 1. The summed E-state index contributed by atoms with van der Waals surface area (Å²) in [5.74, 6) is 0. The normalized spacial score (nSPS) is 11.9. The number of benzene rings is 1. The Labute approximate surface area is 99.0 Å². The average molecular weight is 252 g/mol. The molecule has 1 heterocycles. The van der Waals surface area contributed by atoms with Crippen molar-refractivity contribution in [3.05, 3.63) is 36.2 Å². The van der Waals surface area contributed by atoms with Crippen molar-refractivity contribution in [1.29, 1.82) is 0 Å². The van der Waals surface area contributed by atoms with Gasteiger partial charge in [-0.25, -0.2) is 13.6 Å². The number of nitrogens with two attached hydrogens (primary N) is 1. The smallest absolute Gasteiger partial charge is 0.238 e. The van der Waals surface area contributed by atoms with E-state index >= 15 is 0 Å². The minimum absolute atomic E-state index is 0.0360. The molecule has 0 fully saturated rings. The fraction of sp³-hybridized carbons (Fsp3) is 0.182. The topological polar surface area (TPSA) is 93.3 Å². The molecule has 1 aromatic carbocycles. The van der Waals surface area contributed by atoms with Crippen LogP contribution < -0.4 is 5.14 Å². The van der Waals surface area contributed by atoms with Gasteiger partial charge < -0.3 is 5.11 Å². The zero-order chi connectivity index (χ0) is 12.5. The third kappa shape index (κ3) is 2.28. The molecule has 0 unspecified atom stereocenters. The van der Waals surface area contributed by atoms with E-state index in [2.05, 4.69) is 4.98 Å². The highest BCUT2D eigenvalue weighted by atomic mass is 32.2. The summed E-state index contributed by atoms with van der Waals surface area (Å²) < 4.78 is 22.8. The Bertz CT molecular complexity index is 653. The first kappa shape index (κ1) is 12.0. The van der Waals surface area contributed by atoms with Crippen LogP contribution in [0.15, 0.2) is 35.4 Å². The van der Waals surface area contributed by atoms with Crippen molar-refractivity contribution in [3.8, 4) is 0 Å². The Morgan fingerprint density at radius 1 is 1.24 bits per heavy atom. The van der Waals surface area contributed by atoms with Crippen molar-refractivity contribution >= 4 is 20.8 Å². The average Bonchev–Trinajstić information content (AvgIpc) is 2.28. The number of hydrogen-bond donors (Lipinski definition) is 2. The molecule has 0 aliphatic carbocycles. The maximum absolute atomic E-state index is 11.4. The van der Waals surface area contributed by atoms with E-state index in [1.165, 1.54) is 12.3 Å². The van der Waals surface area contributed by atoms with E-state index in [1.54, 1.807) is 18.2 Å². The standard InChI is InChI=1S/C11H12N2O3S/c12-17(15,16)11-3-1-2-8-9(11)4-6-13-10(8)5-7-14/h1-4,6,14H,5,7H2,(H2,12,15,16). The molecule has 17 heavy (non-hydrogen) atoms. The van der Waals surface area contributed by atoms with Crippen molar-refractivity contribution in [2.75, 3.05) is 6.61 Å². The van der Waals surface area contributed by atoms with Crippen LogP contribution in [0, 0.1) is 0 Å². The molecule has 0 radical (unpaired) electrons. The molecule has 0 amide bonds. The zero-order valence-corrected chi connectivity index (χ0v) is 9.81. The second kappa shape index (κ2) is 4.40. The van der Waals surface area contributed by atoms with Crippen molar-refractivity contribution in [1.82, 2.24) is 4.98 Å². The minimum Gasteiger partial charge on any atom is -0.396 e. The number of fused-ring (bicyclic) bond motifs is 1. The number of primary sulfonamides is 1. The summed E-state index contributed by atoms with van der Waals surface area (Å²) in [7, 11) is -3.75. The molecule has 5 nitrogen and oxygen atoms in total. The quantitative estimate of drug-likeness (QED) is 0.827. The van der Waals surface area contributed by atoms with E-state index in [0.29, 0.717) is 22.9 Å². The molecule has 2 rings (SSSR count). The molecule has 0 aliphatic heterocycles. The van der Waals surface area contributed by atoms with E-state index < -0.39 is 10.0 Å².